The lowest BCUT2D eigenvalue weighted by molar-refractivity contribution is -0.139. The highest BCUT2D eigenvalue weighted by Gasteiger charge is 2.45. The maximum atomic E-state index is 13.8. The first kappa shape index (κ1) is 24.4. The van der Waals surface area contributed by atoms with Crippen LogP contribution in [0.25, 0.3) is 0 Å². The zero-order valence-electron chi connectivity index (χ0n) is 20.7. The predicted molar refractivity (Wildman–Crippen MR) is 132 cm³/mol. The molecule has 0 saturated carbocycles. The summed E-state index contributed by atoms with van der Waals surface area (Å²) in [6.07, 6.45) is 2.38. The number of allylic oxidation sites excluding steroid dienone is 3. The van der Waals surface area contributed by atoms with Crippen LogP contribution in [0, 0.1) is 5.92 Å². The van der Waals surface area contributed by atoms with Crippen LogP contribution in [0.3, 0.4) is 0 Å². The first-order valence-corrected chi connectivity index (χ1v) is 11.7. The van der Waals surface area contributed by atoms with Crippen molar-refractivity contribution in [1.29, 1.82) is 0 Å². The van der Waals surface area contributed by atoms with Gasteiger partial charge in [0.2, 0.25) is 0 Å². The van der Waals surface area contributed by atoms with Gasteiger partial charge in [-0.1, -0.05) is 30.3 Å². The fourth-order valence-electron chi connectivity index (χ4n) is 5.11. The molecule has 7 heteroatoms. The van der Waals surface area contributed by atoms with E-state index in [1.807, 2.05) is 49.4 Å². The van der Waals surface area contributed by atoms with E-state index in [9.17, 15) is 9.59 Å². The number of hydrogen-bond donors (Lipinski definition) is 1. The molecule has 2 aromatic rings. The van der Waals surface area contributed by atoms with Gasteiger partial charge in [0.1, 0.15) is 11.5 Å². The second kappa shape index (κ2) is 10.3. The molecule has 0 bridgehead atoms. The van der Waals surface area contributed by atoms with E-state index in [2.05, 4.69) is 11.4 Å². The maximum Gasteiger partial charge on any atom is 0.336 e. The Bertz CT molecular complexity index is 1200. The smallest absolute Gasteiger partial charge is 0.336 e. The van der Waals surface area contributed by atoms with Gasteiger partial charge in [0, 0.05) is 35.2 Å². The Morgan fingerprint density at radius 1 is 0.971 bits per heavy atom. The number of ether oxygens (including phenoxy) is 4. The van der Waals surface area contributed by atoms with Gasteiger partial charge in [0.05, 0.1) is 39.4 Å². The normalized spacial score (nSPS) is 21.5. The van der Waals surface area contributed by atoms with E-state index in [4.69, 9.17) is 18.9 Å². The number of Topliss-reactive ketones (excluding diaryl/α,β-unsaturated/α-hetero) is 1. The zero-order chi connectivity index (χ0) is 25.1. The highest BCUT2D eigenvalue weighted by atomic mass is 16.5. The fraction of sp³-hybridized carbons (Fsp3) is 0.357. The molecule has 35 heavy (non-hydrogen) atoms. The Balaban J connectivity index is 1.83. The third-order valence-electron chi connectivity index (χ3n) is 6.67. The molecule has 4 rings (SSSR count). The number of para-hydroxylation sites is 1. The van der Waals surface area contributed by atoms with Crippen LogP contribution in [-0.4, -0.2) is 39.7 Å². The molecule has 0 aromatic heterocycles. The summed E-state index contributed by atoms with van der Waals surface area (Å²) in [5.41, 5.74) is 3.64. The van der Waals surface area contributed by atoms with E-state index in [1.165, 1.54) is 0 Å². The highest BCUT2D eigenvalue weighted by molar-refractivity contribution is 5.96. The summed E-state index contributed by atoms with van der Waals surface area (Å²) >= 11 is 0. The van der Waals surface area contributed by atoms with Crippen LogP contribution in [0.15, 0.2) is 65.5 Å². The van der Waals surface area contributed by atoms with Gasteiger partial charge in [-0.05, 0) is 37.6 Å². The van der Waals surface area contributed by atoms with Gasteiger partial charge in [0.15, 0.2) is 11.5 Å². The zero-order valence-corrected chi connectivity index (χ0v) is 20.7. The second-order valence-electron chi connectivity index (χ2n) is 8.59. The van der Waals surface area contributed by atoms with Gasteiger partial charge in [0.25, 0.3) is 0 Å². The molecular weight excluding hydrogens is 446 g/mol. The predicted octanol–water partition coefficient (Wildman–Crippen LogP) is 4.49. The number of nitrogens with one attached hydrogen (secondary N) is 1. The largest absolute Gasteiger partial charge is 0.496 e. The molecular formula is C28H31NO6. The Kier molecular flexibility index (Phi) is 7.15. The summed E-state index contributed by atoms with van der Waals surface area (Å²) in [5, 5.41) is 3.35. The van der Waals surface area contributed by atoms with E-state index >= 15 is 0 Å². The Morgan fingerprint density at radius 2 is 1.69 bits per heavy atom. The lowest BCUT2D eigenvalue weighted by Gasteiger charge is -2.39. The standard InChI is InChI=1S/C28H31NO6/c1-6-35-28(31)25-16(2)29-20-13-18(17-11-12-23(33-4)24(15-17)34-5)14-21(30)27(20)26(25)19-9-7-8-10-22(19)32-3/h7-13,15,18,26-27,29H,6,14H2,1-5H3. The Hall–Kier alpha value is -3.74. The van der Waals surface area contributed by atoms with Gasteiger partial charge < -0.3 is 24.3 Å². The number of rotatable bonds is 7. The Labute approximate surface area is 205 Å². The summed E-state index contributed by atoms with van der Waals surface area (Å²) < 4.78 is 21.8. The SMILES string of the molecule is CCOC(=O)C1=C(C)NC2=CC(c3ccc(OC)c(OC)c3)CC(=O)C2C1c1ccccc1OC. The average molecular weight is 478 g/mol. The van der Waals surface area contributed by atoms with Crippen LogP contribution in [0.5, 0.6) is 17.2 Å². The number of carbonyl (C=O) groups is 2. The summed E-state index contributed by atoms with van der Waals surface area (Å²) in [6.45, 7) is 3.86. The molecule has 0 fully saturated rings. The van der Waals surface area contributed by atoms with Gasteiger partial charge in [-0.15, -0.1) is 0 Å². The van der Waals surface area contributed by atoms with E-state index in [0.717, 1.165) is 16.8 Å². The van der Waals surface area contributed by atoms with Crippen LogP contribution in [0.2, 0.25) is 0 Å². The van der Waals surface area contributed by atoms with Crippen LogP contribution in [-0.2, 0) is 14.3 Å². The average Bonchev–Trinajstić information content (AvgIpc) is 2.87. The van der Waals surface area contributed by atoms with Crippen molar-refractivity contribution in [2.24, 2.45) is 5.92 Å². The van der Waals surface area contributed by atoms with Crippen molar-refractivity contribution in [1.82, 2.24) is 5.32 Å². The molecule has 0 saturated heterocycles. The molecule has 1 aliphatic heterocycles. The first-order valence-electron chi connectivity index (χ1n) is 11.7. The fourth-order valence-corrected chi connectivity index (χ4v) is 5.11. The second-order valence-corrected chi connectivity index (χ2v) is 8.59. The van der Waals surface area contributed by atoms with E-state index in [1.54, 1.807) is 28.3 Å². The minimum absolute atomic E-state index is 0.0417. The van der Waals surface area contributed by atoms with Crippen LogP contribution in [0.4, 0.5) is 0 Å². The number of methoxy groups -OCH3 is 3. The van der Waals surface area contributed by atoms with E-state index in [0.29, 0.717) is 34.9 Å². The van der Waals surface area contributed by atoms with Crippen molar-refractivity contribution in [2.75, 3.05) is 27.9 Å². The van der Waals surface area contributed by atoms with Crippen molar-refractivity contribution in [3.8, 4) is 17.2 Å². The molecule has 2 aromatic carbocycles. The molecule has 184 valence electrons. The molecule has 0 amide bonds. The lowest BCUT2D eigenvalue weighted by atomic mass is 9.68. The molecule has 3 atom stereocenters. The highest BCUT2D eigenvalue weighted by Crippen LogP contribution is 2.48. The summed E-state index contributed by atoms with van der Waals surface area (Å²) in [5.74, 6) is 0.278. The van der Waals surface area contributed by atoms with E-state index < -0.39 is 17.8 Å². The molecule has 2 aliphatic rings. The number of hydrogen-bond acceptors (Lipinski definition) is 7. The van der Waals surface area contributed by atoms with Gasteiger partial charge in [-0.2, -0.15) is 0 Å². The summed E-state index contributed by atoms with van der Waals surface area (Å²) in [7, 11) is 4.77. The molecule has 1 N–H and O–H groups in total. The van der Waals surface area contributed by atoms with Gasteiger partial charge >= 0.3 is 5.97 Å². The number of ketones is 1. The minimum Gasteiger partial charge on any atom is -0.496 e. The van der Waals surface area contributed by atoms with Crippen molar-refractivity contribution >= 4 is 11.8 Å². The van der Waals surface area contributed by atoms with Crippen molar-refractivity contribution in [3.05, 3.63) is 76.6 Å². The molecule has 3 unspecified atom stereocenters. The van der Waals surface area contributed by atoms with Crippen molar-refractivity contribution < 1.29 is 28.5 Å². The topological polar surface area (TPSA) is 83.1 Å². The lowest BCUT2D eigenvalue weighted by Crippen LogP contribution is -2.42. The first-order chi connectivity index (χ1) is 16.9. The van der Waals surface area contributed by atoms with Gasteiger partial charge in [-0.3, -0.25) is 4.79 Å². The van der Waals surface area contributed by atoms with Crippen LogP contribution < -0.4 is 19.5 Å². The number of carbonyl (C=O) groups excluding carboxylic acids is 2. The maximum absolute atomic E-state index is 13.8. The van der Waals surface area contributed by atoms with Crippen LogP contribution >= 0.6 is 0 Å². The molecule has 1 aliphatic carbocycles. The number of fused-ring (bicyclic) bond motifs is 1. The van der Waals surface area contributed by atoms with Crippen LogP contribution in [0.1, 0.15) is 43.2 Å². The third kappa shape index (κ3) is 4.50. The van der Waals surface area contributed by atoms with Crippen molar-refractivity contribution in [2.45, 2.75) is 32.1 Å². The monoisotopic (exact) mass is 477 g/mol. The number of benzene rings is 2. The quantitative estimate of drug-likeness (QED) is 0.588. The van der Waals surface area contributed by atoms with Crippen molar-refractivity contribution in [3.63, 3.8) is 0 Å². The molecule has 7 nitrogen and oxygen atoms in total. The third-order valence-corrected chi connectivity index (χ3v) is 6.67. The minimum atomic E-state index is -0.550. The molecule has 1 heterocycles. The summed E-state index contributed by atoms with van der Waals surface area (Å²) in [4.78, 5) is 26.8. The number of esters is 1. The van der Waals surface area contributed by atoms with E-state index in [-0.39, 0.29) is 18.3 Å². The Morgan fingerprint density at radius 3 is 2.37 bits per heavy atom. The molecule has 0 spiro atoms. The van der Waals surface area contributed by atoms with Gasteiger partial charge in [-0.25, -0.2) is 4.79 Å². The summed E-state index contributed by atoms with van der Waals surface area (Å²) in [6, 6.07) is 13.2. The molecule has 0 radical (unpaired) electrons.